The van der Waals surface area contributed by atoms with Crippen molar-refractivity contribution in [2.75, 3.05) is 38.3 Å². The van der Waals surface area contributed by atoms with Crippen molar-refractivity contribution in [3.8, 4) is 0 Å². The fourth-order valence-electron chi connectivity index (χ4n) is 1.74. The molecule has 1 aliphatic heterocycles. The zero-order valence-electron chi connectivity index (χ0n) is 10.7. The van der Waals surface area contributed by atoms with Gasteiger partial charge in [-0.25, -0.2) is 13.2 Å². The maximum Gasteiger partial charge on any atom is 0.317 e. The van der Waals surface area contributed by atoms with Gasteiger partial charge < -0.3 is 20.1 Å². The second kappa shape index (κ2) is 6.71. The number of hydrogen-bond acceptors (Lipinski definition) is 5. The maximum absolute atomic E-state index is 11.8. The van der Waals surface area contributed by atoms with Gasteiger partial charge in [0.05, 0.1) is 31.4 Å². The SMILES string of the molecule is CS(=O)(=O)CCNC(=O)N1CCOCC1CC(=O)O. The van der Waals surface area contributed by atoms with Gasteiger partial charge in [-0.05, 0) is 0 Å². The number of carbonyl (C=O) groups excluding carboxylic acids is 1. The summed E-state index contributed by atoms with van der Waals surface area (Å²) < 4.78 is 27.0. The summed E-state index contributed by atoms with van der Waals surface area (Å²) in [6.07, 6.45) is 0.890. The van der Waals surface area contributed by atoms with E-state index in [0.717, 1.165) is 6.26 Å². The third-order valence-electron chi connectivity index (χ3n) is 2.65. The first-order valence-electron chi connectivity index (χ1n) is 5.81. The van der Waals surface area contributed by atoms with Gasteiger partial charge in [0.25, 0.3) is 0 Å². The van der Waals surface area contributed by atoms with Crippen molar-refractivity contribution in [1.82, 2.24) is 10.2 Å². The quantitative estimate of drug-likeness (QED) is 0.666. The lowest BCUT2D eigenvalue weighted by Crippen LogP contribution is -2.53. The van der Waals surface area contributed by atoms with E-state index < -0.39 is 27.9 Å². The number of sulfone groups is 1. The lowest BCUT2D eigenvalue weighted by atomic mass is 10.1. The standard InChI is InChI=1S/C10H18N2O6S/c1-19(16,17)5-2-11-10(15)12-3-4-18-7-8(12)6-9(13)14/h8H,2-7H2,1H3,(H,11,15)(H,13,14). The Hall–Kier alpha value is -1.35. The predicted molar refractivity (Wildman–Crippen MR) is 66.7 cm³/mol. The number of amides is 2. The molecule has 1 aliphatic rings. The highest BCUT2D eigenvalue weighted by molar-refractivity contribution is 7.90. The zero-order chi connectivity index (χ0) is 14.5. The molecule has 0 aliphatic carbocycles. The summed E-state index contributed by atoms with van der Waals surface area (Å²) in [4.78, 5) is 23.9. The Balaban J connectivity index is 2.50. The van der Waals surface area contributed by atoms with Crippen LogP contribution in [-0.2, 0) is 19.4 Å². The van der Waals surface area contributed by atoms with E-state index in [4.69, 9.17) is 9.84 Å². The van der Waals surface area contributed by atoms with Gasteiger partial charge in [-0.2, -0.15) is 0 Å². The summed E-state index contributed by atoms with van der Waals surface area (Å²) in [6, 6.07) is -0.984. The van der Waals surface area contributed by atoms with Crippen LogP contribution in [0.4, 0.5) is 4.79 Å². The Morgan fingerprint density at radius 2 is 2.16 bits per heavy atom. The summed E-state index contributed by atoms with van der Waals surface area (Å²) in [5.41, 5.74) is 0. The van der Waals surface area contributed by atoms with E-state index in [-0.39, 0.29) is 25.3 Å². The lowest BCUT2D eigenvalue weighted by Gasteiger charge is -2.34. The largest absolute Gasteiger partial charge is 0.481 e. The molecule has 1 atom stereocenters. The average molecular weight is 294 g/mol. The van der Waals surface area contributed by atoms with E-state index in [1.54, 1.807) is 0 Å². The third kappa shape index (κ3) is 5.88. The highest BCUT2D eigenvalue weighted by Crippen LogP contribution is 2.10. The minimum atomic E-state index is -3.14. The molecule has 1 unspecified atom stereocenters. The number of ether oxygens (including phenoxy) is 1. The summed E-state index contributed by atoms with van der Waals surface area (Å²) in [7, 11) is -3.14. The van der Waals surface area contributed by atoms with E-state index in [2.05, 4.69) is 5.32 Å². The Morgan fingerprint density at radius 1 is 1.47 bits per heavy atom. The molecule has 1 fully saturated rings. The number of aliphatic carboxylic acids is 1. The Morgan fingerprint density at radius 3 is 2.74 bits per heavy atom. The van der Waals surface area contributed by atoms with Crippen LogP contribution in [0.2, 0.25) is 0 Å². The van der Waals surface area contributed by atoms with Crippen LogP contribution in [-0.4, -0.2) is 74.8 Å². The number of morpholine rings is 1. The summed E-state index contributed by atoms with van der Waals surface area (Å²) in [5.74, 6) is -1.16. The molecular weight excluding hydrogens is 276 g/mol. The third-order valence-corrected chi connectivity index (χ3v) is 3.59. The number of carboxylic acids is 1. The minimum Gasteiger partial charge on any atom is -0.481 e. The predicted octanol–water partition coefficient (Wildman–Crippen LogP) is -1.08. The van der Waals surface area contributed by atoms with Crippen molar-refractivity contribution in [3.63, 3.8) is 0 Å². The van der Waals surface area contributed by atoms with E-state index in [1.165, 1.54) is 4.90 Å². The molecule has 0 aromatic carbocycles. The summed E-state index contributed by atoms with van der Waals surface area (Å²) in [6.45, 7) is 0.818. The van der Waals surface area contributed by atoms with Crippen LogP contribution < -0.4 is 5.32 Å². The Labute approximate surface area is 111 Å². The van der Waals surface area contributed by atoms with Crippen molar-refractivity contribution in [2.45, 2.75) is 12.5 Å². The second-order valence-corrected chi connectivity index (χ2v) is 6.64. The van der Waals surface area contributed by atoms with E-state index in [0.29, 0.717) is 13.2 Å². The molecule has 1 heterocycles. The highest BCUT2D eigenvalue weighted by Gasteiger charge is 2.28. The van der Waals surface area contributed by atoms with E-state index in [9.17, 15) is 18.0 Å². The molecule has 19 heavy (non-hydrogen) atoms. The van der Waals surface area contributed by atoms with Crippen LogP contribution in [0.1, 0.15) is 6.42 Å². The van der Waals surface area contributed by atoms with Gasteiger partial charge in [-0.15, -0.1) is 0 Å². The number of hydrogen-bond donors (Lipinski definition) is 2. The lowest BCUT2D eigenvalue weighted by molar-refractivity contribution is -0.139. The molecule has 0 spiro atoms. The molecule has 1 rings (SSSR count). The van der Waals surface area contributed by atoms with E-state index in [1.807, 2.05) is 0 Å². The number of rotatable bonds is 5. The fourth-order valence-corrected chi connectivity index (χ4v) is 2.21. The molecular formula is C10H18N2O6S. The zero-order valence-corrected chi connectivity index (χ0v) is 11.5. The fraction of sp³-hybridized carbons (Fsp3) is 0.800. The highest BCUT2D eigenvalue weighted by atomic mass is 32.2. The van der Waals surface area contributed by atoms with Crippen molar-refractivity contribution in [3.05, 3.63) is 0 Å². The molecule has 8 nitrogen and oxygen atoms in total. The van der Waals surface area contributed by atoms with Crippen LogP contribution in [0, 0.1) is 0 Å². The van der Waals surface area contributed by atoms with Gasteiger partial charge in [-0.1, -0.05) is 0 Å². The number of carboxylic acid groups (broad SMARTS) is 1. The molecule has 2 amide bonds. The van der Waals surface area contributed by atoms with Crippen LogP contribution in [0.25, 0.3) is 0 Å². The number of nitrogens with zero attached hydrogens (tertiary/aromatic N) is 1. The van der Waals surface area contributed by atoms with Gasteiger partial charge in [0.2, 0.25) is 0 Å². The molecule has 2 N–H and O–H groups in total. The summed E-state index contributed by atoms with van der Waals surface area (Å²) in [5, 5.41) is 11.2. The number of carbonyl (C=O) groups is 2. The minimum absolute atomic E-state index is 0.00875. The van der Waals surface area contributed by atoms with Gasteiger partial charge >= 0.3 is 12.0 Å². The second-order valence-electron chi connectivity index (χ2n) is 4.38. The van der Waals surface area contributed by atoms with Gasteiger partial charge in [0, 0.05) is 19.3 Å². The van der Waals surface area contributed by atoms with Crippen molar-refractivity contribution in [1.29, 1.82) is 0 Å². The van der Waals surface area contributed by atoms with Gasteiger partial charge in [-0.3, -0.25) is 4.79 Å². The van der Waals surface area contributed by atoms with Crippen LogP contribution >= 0.6 is 0 Å². The molecule has 0 saturated carbocycles. The smallest absolute Gasteiger partial charge is 0.317 e. The van der Waals surface area contributed by atoms with Crippen LogP contribution in [0.5, 0.6) is 0 Å². The van der Waals surface area contributed by atoms with Crippen molar-refractivity contribution < 1.29 is 27.9 Å². The number of nitrogens with one attached hydrogen (secondary N) is 1. The number of urea groups is 1. The average Bonchev–Trinajstić information content (AvgIpc) is 2.27. The van der Waals surface area contributed by atoms with E-state index >= 15 is 0 Å². The monoisotopic (exact) mass is 294 g/mol. The molecule has 0 bridgehead atoms. The first-order chi connectivity index (χ1) is 8.79. The van der Waals surface area contributed by atoms with Crippen LogP contribution in [0.15, 0.2) is 0 Å². The first kappa shape index (κ1) is 15.7. The maximum atomic E-state index is 11.8. The molecule has 1 saturated heterocycles. The molecule has 0 aromatic rings. The molecule has 9 heteroatoms. The Kier molecular flexibility index (Phi) is 5.55. The normalized spacial score (nSPS) is 20.1. The first-order valence-corrected chi connectivity index (χ1v) is 7.87. The van der Waals surface area contributed by atoms with Gasteiger partial charge in [0.15, 0.2) is 0 Å². The van der Waals surface area contributed by atoms with Gasteiger partial charge in [0.1, 0.15) is 9.84 Å². The topological polar surface area (TPSA) is 113 Å². The van der Waals surface area contributed by atoms with Crippen molar-refractivity contribution in [2.24, 2.45) is 0 Å². The molecule has 0 aromatic heterocycles. The molecule has 110 valence electrons. The summed E-state index contributed by atoms with van der Waals surface area (Å²) >= 11 is 0. The van der Waals surface area contributed by atoms with Crippen molar-refractivity contribution >= 4 is 21.8 Å². The molecule has 0 radical (unpaired) electrons. The van der Waals surface area contributed by atoms with Crippen LogP contribution in [0.3, 0.4) is 0 Å². The Bertz CT molecular complexity index is 435.